The number of aromatic nitrogens is 3. The van der Waals surface area contributed by atoms with E-state index in [1.807, 2.05) is 20.9 Å². The van der Waals surface area contributed by atoms with E-state index in [1.54, 1.807) is 16.3 Å². The first-order chi connectivity index (χ1) is 9.01. The highest BCUT2D eigenvalue weighted by Gasteiger charge is 2.39. The quantitative estimate of drug-likeness (QED) is 0.868. The normalized spacial score (nSPS) is 26.8. The van der Waals surface area contributed by atoms with E-state index >= 15 is 0 Å². The van der Waals surface area contributed by atoms with Crippen LogP contribution >= 0.6 is 11.8 Å². The highest BCUT2D eigenvalue weighted by Crippen LogP contribution is 2.39. The van der Waals surface area contributed by atoms with Gasteiger partial charge in [-0.25, -0.2) is 9.89 Å². The average molecular weight is 281 g/mol. The molecule has 1 heterocycles. The van der Waals surface area contributed by atoms with Gasteiger partial charge in [-0.2, -0.15) is 5.26 Å². The summed E-state index contributed by atoms with van der Waals surface area (Å²) in [5.74, 6) is 0. The lowest BCUT2D eigenvalue weighted by molar-refractivity contribution is 0.464. The van der Waals surface area contributed by atoms with Crippen LogP contribution in [0.3, 0.4) is 0 Å². The fourth-order valence-electron chi connectivity index (χ4n) is 2.46. The van der Waals surface area contributed by atoms with Gasteiger partial charge < -0.3 is 5.32 Å². The van der Waals surface area contributed by atoms with Crippen LogP contribution in [-0.4, -0.2) is 32.6 Å². The van der Waals surface area contributed by atoms with Crippen LogP contribution in [0.2, 0.25) is 0 Å². The Morgan fingerprint density at radius 2 is 2.42 bits per heavy atom. The van der Waals surface area contributed by atoms with Gasteiger partial charge in [0.25, 0.3) is 0 Å². The lowest BCUT2D eigenvalue weighted by Gasteiger charge is -2.19. The molecule has 0 saturated heterocycles. The summed E-state index contributed by atoms with van der Waals surface area (Å²) in [6.45, 7) is 3.92. The SMILES string of the molecule is CNC1(C#N)CCC(Sc2n[nH]c(=O)n2C(C)C)C1. The van der Waals surface area contributed by atoms with Crippen molar-refractivity contribution in [2.75, 3.05) is 7.05 Å². The molecule has 19 heavy (non-hydrogen) atoms. The first kappa shape index (κ1) is 14.2. The van der Waals surface area contributed by atoms with Crippen LogP contribution in [0.25, 0.3) is 0 Å². The molecule has 1 aliphatic rings. The molecule has 2 atom stereocenters. The van der Waals surface area contributed by atoms with Gasteiger partial charge in [0.15, 0.2) is 5.16 Å². The molecule has 0 aliphatic heterocycles. The van der Waals surface area contributed by atoms with Gasteiger partial charge in [0.1, 0.15) is 5.54 Å². The Labute approximate surface area is 116 Å². The standard InChI is InChI=1S/C12H19N5OS/c1-8(2)17-10(18)15-16-11(17)19-9-4-5-12(6-9,7-13)14-3/h8-9,14H,4-6H2,1-3H3,(H,15,18). The molecule has 0 radical (unpaired) electrons. The number of aromatic amines is 1. The smallest absolute Gasteiger partial charge is 0.302 e. The first-order valence-electron chi connectivity index (χ1n) is 6.45. The Bertz CT molecular complexity index is 543. The van der Waals surface area contributed by atoms with Crippen LogP contribution in [-0.2, 0) is 0 Å². The minimum Gasteiger partial charge on any atom is -0.302 e. The third-order valence-electron chi connectivity index (χ3n) is 3.62. The van der Waals surface area contributed by atoms with Gasteiger partial charge in [-0.15, -0.1) is 5.10 Å². The van der Waals surface area contributed by atoms with Gasteiger partial charge in [0.05, 0.1) is 6.07 Å². The van der Waals surface area contributed by atoms with Crippen LogP contribution in [0.5, 0.6) is 0 Å². The van der Waals surface area contributed by atoms with Crippen LogP contribution in [0, 0.1) is 11.3 Å². The molecule has 2 rings (SSSR count). The van der Waals surface area contributed by atoms with Crippen molar-refractivity contribution < 1.29 is 0 Å². The molecule has 2 N–H and O–H groups in total. The molecular formula is C12H19N5OS. The van der Waals surface area contributed by atoms with E-state index in [0.717, 1.165) is 24.4 Å². The summed E-state index contributed by atoms with van der Waals surface area (Å²) in [4.78, 5) is 11.7. The fraction of sp³-hybridized carbons (Fsp3) is 0.750. The molecule has 1 aromatic heterocycles. The molecule has 1 aromatic rings. The summed E-state index contributed by atoms with van der Waals surface area (Å²) < 4.78 is 1.66. The summed E-state index contributed by atoms with van der Waals surface area (Å²) >= 11 is 1.59. The van der Waals surface area contributed by atoms with Gasteiger partial charge in [-0.1, -0.05) is 11.8 Å². The lowest BCUT2D eigenvalue weighted by Crippen LogP contribution is -2.38. The minimum atomic E-state index is -0.420. The fourth-order valence-corrected chi connectivity index (χ4v) is 3.87. The van der Waals surface area contributed by atoms with Crippen molar-refractivity contribution in [3.63, 3.8) is 0 Å². The van der Waals surface area contributed by atoms with Crippen LogP contribution in [0.15, 0.2) is 9.95 Å². The van der Waals surface area contributed by atoms with Crippen LogP contribution < -0.4 is 11.0 Å². The maximum atomic E-state index is 11.7. The minimum absolute atomic E-state index is 0.0835. The number of rotatable bonds is 4. The van der Waals surface area contributed by atoms with Gasteiger partial charge >= 0.3 is 5.69 Å². The average Bonchev–Trinajstić information content (AvgIpc) is 2.95. The van der Waals surface area contributed by atoms with Crippen molar-refractivity contribution in [3.8, 4) is 6.07 Å². The Morgan fingerprint density at radius 3 is 2.95 bits per heavy atom. The number of hydrogen-bond donors (Lipinski definition) is 2. The topological polar surface area (TPSA) is 86.5 Å². The van der Waals surface area contributed by atoms with Gasteiger partial charge in [-0.3, -0.25) is 4.57 Å². The summed E-state index contributed by atoms with van der Waals surface area (Å²) in [6.07, 6.45) is 2.58. The van der Waals surface area contributed by atoms with E-state index in [-0.39, 0.29) is 11.7 Å². The Morgan fingerprint density at radius 1 is 1.68 bits per heavy atom. The summed E-state index contributed by atoms with van der Waals surface area (Å²) in [5.41, 5.74) is -0.590. The van der Waals surface area contributed by atoms with Crippen molar-refractivity contribution in [1.29, 1.82) is 5.26 Å². The maximum Gasteiger partial charge on any atom is 0.344 e. The predicted molar refractivity (Wildman–Crippen MR) is 74.1 cm³/mol. The van der Waals surface area contributed by atoms with E-state index in [1.165, 1.54) is 0 Å². The van der Waals surface area contributed by atoms with Crippen molar-refractivity contribution in [2.45, 2.75) is 55.1 Å². The van der Waals surface area contributed by atoms with Crippen LogP contribution in [0.4, 0.5) is 0 Å². The second-order valence-electron chi connectivity index (χ2n) is 5.20. The second kappa shape index (κ2) is 5.39. The van der Waals surface area contributed by atoms with E-state index in [2.05, 4.69) is 21.6 Å². The Hall–Kier alpha value is -1.26. The van der Waals surface area contributed by atoms with Crippen molar-refractivity contribution in [2.24, 2.45) is 0 Å². The summed E-state index contributed by atoms with van der Waals surface area (Å²) in [6, 6.07) is 2.45. The van der Waals surface area contributed by atoms with Crippen molar-refractivity contribution in [1.82, 2.24) is 20.1 Å². The number of nitrogens with one attached hydrogen (secondary N) is 2. The Kier molecular flexibility index (Phi) is 4.02. The first-order valence-corrected chi connectivity index (χ1v) is 7.33. The third-order valence-corrected chi connectivity index (χ3v) is 4.86. The Balaban J connectivity index is 2.12. The molecule has 1 aliphatic carbocycles. The number of nitriles is 1. The van der Waals surface area contributed by atoms with Crippen molar-refractivity contribution in [3.05, 3.63) is 10.5 Å². The molecule has 1 saturated carbocycles. The largest absolute Gasteiger partial charge is 0.344 e. The van der Waals surface area contributed by atoms with E-state index in [9.17, 15) is 10.1 Å². The van der Waals surface area contributed by atoms with Gasteiger partial charge in [-0.05, 0) is 40.2 Å². The summed E-state index contributed by atoms with van der Waals surface area (Å²) in [5, 5.41) is 20.0. The van der Waals surface area contributed by atoms with Gasteiger partial charge in [0.2, 0.25) is 0 Å². The monoisotopic (exact) mass is 281 g/mol. The molecule has 0 bridgehead atoms. The number of thioether (sulfide) groups is 1. The number of H-pyrrole nitrogens is 1. The molecule has 2 unspecified atom stereocenters. The van der Waals surface area contributed by atoms with Crippen LogP contribution in [0.1, 0.15) is 39.2 Å². The molecule has 0 spiro atoms. The second-order valence-corrected chi connectivity index (χ2v) is 6.47. The third kappa shape index (κ3) is 2.69. The molecule has 7 heteroatoms. The molecule has 0 amide bonds. The molecule has 0 aromatic carbocycles. The molecule has 6 nitrogen and oxygen atoms in total. The molecule has 1 fully saturated rings. The highest BCUT2D eigenvalue weighted by atomic mass is 32.2. The molecular weight excluding hydrogens is 262 g/mol. The number of hydrogen-bond acceptors (Lipinski definition) is 5. The summed E-state index contributed by atoms with van der Waals surface area (Å²) in [7, 11) is 1.83. The predicted octanol–water partition coefficient (Wildman–Crippen LogP) is 1.28. The zero-order valence-electron chi connectivity index (χ0n) is 11.4. The van der Waals surface area contributed by atoms with E-state index < -0.39 is 5.54 Å². The van der Waals surface area contributed by atoms with E-state index in [0.29, 0.717) is 5.25 Å². The maximum absolute atomic E-state index is 11.7. The highest BCUT2D eigenvalue weighted by molar-refractivity contribution is 7.99. The van der Waals surface area contributed by atoms with Gasteiger partial charge in [0, 0.05) is 11.3 Å². The lowest BCUT2D eigenvalue weighted by atomic mass is 10.0. The zero-order chi connectivity index (χ0) is 14.0. The van der Waals surface area contributed by atoms with E-state index in [4.69, 9.17) is 0 Å². The number of nitrogens with zero attached hydrogens (tertiary/aromatic N) is 3. The molecule has 104 valence electrons. The zero-order valence-corrected chi connectivity index (χ0v) is 12.3. The van der Waals surface area contributed by atoms with Crippen molar-refractivity contribution >= 4 is 11.8 Å².